The van der Waals surface area contributed by atoms with Gasteiger partial charge in [0.15, 0.2) is 0 Å². The smallest absolute Gasteiger partial charge is 0.251 e. The number of thiophene rings is 2. The van der Waals surface area contributed by atoms with E-state index >= 15 is 0 Å². The predicted molar refractivity (Wildman–Crippen MR) is 100 cm³/mol. The monoisotopic (exact) mass is 379 g/mol. The van der Waals surface area contributed by atoms with Crippen molar-refractivity contribution >= 4 is 39.5 Å². The van der Waals surface area contributed by atoms with Crippen molar-refractivity contribution in [3.05, 3.63) is 39.4 Å². The molecule has 3 rings (SSSR count). The van der Waals surface area contributed by atoms with Gasteiger partial charge < -0.3 is 15.8 Å². The van der Waals surface area contributed by atoms with Crippen LogP contribution in [0.3, 0.4) is 0 Å². The number of ether oxygens (including phenoxy) is 1. The molecule has 3 N–H and O–H groups in total. The van der Waals surface area contributed by atoms with Gasteiger partial charge in [-0.25, -0.2) is 0 Å². The van der Waals surface area contributed by atoms with E-state index in [2.05, 4.69) is 16.3 Å². The Morgan fingerprint density at radius 2 is 2.20 bits per heavy atom. The number of nitrogens with zero attached hydrogens (tertiary/aromatic N) is 1. The number of carbonyl (C=O) groups excluding carboxylic acids is 2. The molecule has 0 aliphatic carbocycles. The zero-order chi connectivity index (χ0) is 17.6. The van der Waals surface area contributed by atoms with E-state index in [1.54, 1.807) is 22.8 Å². The Morgan fingerprint density at radius 3 is 2.88 bits per heavy atom. The number of primary amides is 1. The summed E-state index contributed by atoms with van der Waals surface area (Å²) in [6.07, 6.45) is 2.27. The highest BCUT2D eigenvalue weighted by Crippen LogP contribution is 2.23. The normalized spacial score (nSPS) is 17.1. The van der Waals surface area contributed by atoms with Crippen molar-refractivity contribution in [2.75, 3.05) is 25.0 Å². The van der Waals surface area contributed by atoms with Gasteiger partial charge in [-0.2, -0.15) is 0 Å². The number of amides is 2. The molecule has 134 valence electrons. The molecule has 2 aromatic rings. The molecule has 1 fully saturated rings. The highest BCUT2D eigenvalue weighted by Gasteiger charge is 2.22. The van der Waals surface area contributed by atoms with Crippen LogP contribution in [0.4, 0.5) is 5.00 Å². The fourth-order valence-electron chi connectivity index (χ4n) is 2.85. The third-order valence-electron chi connectivity index (χ3n) is 4.00. The van der Waals surface area contributed by atoms with E-state index in [0.717, 1.165) is 26.0 Å². The van der Waals surface area contributed by atoms with Crippen LogP contribution >= 0.6 is 22.7 Å². The van der Waals surface area contributed by atoms with Gasteiger partial charge in [-0.1, -0.05) is 6.07 Å². The molecule has 6 nitrogen and oxygen atoms in total. The lowest BCUT2D eigenvalue weighted by Crippen LogP contribution is -2.37. The molecule has 0 unspecified atom stereocenters. The van der Waals surface area contributed by atoms with Gasteiger partial charge in [-0.15, -0.1) is 22.7 Å². The third kappa shape index (κ3) is 5.12. The molecular weight excluding hydrogens is 358 g/mol. The fourth-order valence-corrected chi connectivity index (χ4v) is 4.41. The van der Waals surface area contributed by atoms with E-state index in [1.165, 1.54) is 16.2 Å². The van der Waals surface area contributed by atoms with Crippen LogP contribution in [0.1, 0.15) is 28.1 Å². The first-order valence-electron chi connectivity index (χ1n) is 8.15. The Hall–Kier alpha value is -1.74. The summed E-state index contributed by atoms with van der Waals surface area (Å²) >= 11 is 2.97. The number of carbonyl (C=O) groups is 2. The van der Waals surface area contributed by atoms with Gasteiger partial charge in [0, 0.05) is 24.6 Å². The molecule has 0 bridgehead atoms. The topological polar surface area (TPSA) is 84.7 Å². The van der Waals surface area contributed by atoms with Crippen LogP contribution in [-0.4, -0.2) is 42.5 Å². The second-order valence-electron chi connectivity index (χ2n) is 5.96. The maximum Gasteiger partial charge on any atom is 0.251 e. The van der Waals surface area contributed by atoms with Crippen molar-refractivity contribution in [2.24, 2.45) is 5.73 Å². The molecule has 1 aliphatic heterocycles. The predicted octanol–water partition coefficient (Wildman–Crippen LogP) is 2.53. The van der Waals surface area contributed by atoms with E-state index in [9.17, 15) is 9.59 Å². The Kier molecular flexibility index (Phi) is 6.19. The Balaban J connectivity index is 1.62. The number of nitrogens with two attached hydrogens (primary N) is 1. The zero-order valence-electron chi connectivity index (χ0n) is 13.8. The number of anilines is 1. The highest BCUT2D eigenvalue weighted by molar-refractivity contribution is 7.14. The summed E-state index contributed by atoms with van der Waals surface area (Å²) in [6.45, 7) is 2.46. The van der Waals surface area contributed by atoms with E-state index < -0.39 is 5.91 Å². The summed E-state index contributed by atoms with van der Waals surface area (Å²) in [5.74, 6) is -0.689. The second-order valence-corrected chi connectivity index (χ2v) is 7.91. The first kappa shape index (κ1) is 18.1. The van der Waals surface area contributed by atoms with Crippen LogP contribution in [0.2, 0.25) is 0 Å². The van der Waals surface area contributed by atoms with Crippen LogP contribution in [0.15, 0.2) is 29.0 Å². The highest BCUT2D eigenvalue weighted by atomic mass is 32.1. The van der Waals surface area contributed by atoms with E-state index in [4.69, 9.17) is 10.5 Å². The number of hydrogen-bond acceptors (Lipinski definition) is 6. The van der Waals surface area contributed by atoms with Crippen molar-refractivity contribution < 1.29 is 14.3 Å². The molecular formula is C17H21N3O3S2. The Morgan fingerprint density at radius 1 is 1.32 bits per heavy atom. The second kappa shape index (κ2) is 8.57. The molecule has 0 spiro atoms. The maximum absolute atomic E-state index is 12.5. The first-order chi connectivity index (χ1) is 12.1. The van der Waals surface area contributed by atoms with Crippen molar-refractivity contribution in [1.82, 2.24) is 4.90 Å². The molecule has 8 heteroatoms. The molecule has 1 saturated heterocycles. The molecule has 1 aliphatic rings. The minimum atomic E-state index is -0.536. The summed E-state index contributed by atoms with van der Waals surface area (Å²) in [5.41, 5.74) is 5.68. The summed E-state index contributed by atoms with van der Waals surface area (Å²) in [5, 5.41) is 7.09. The SMILES string of the molecule is NC(=O)c1ccsc1NC(=O)CN(Cc1cccs1)C[C@H]1CCCO1. The molecule has 2 amide bonds. The van der Waals surface area contributed by atoms with Gasteiger partial charge in [0.05, 0.1) is 18.2 Å². The van der Waals surface area contributed by atoms with Crippen LogP contribution in [0, 0.1) is 0 Å². The molecule has 0 aromatic carbocycles. The Labute approximate surface area is 154 Å². The Bertz CT molecular complexity index is 709. The lowest BCUT2D eigenvalue weighted by atomic mass is 10.2. The minimum absolute atomic E-state index is 0.153. The molecule has 0 radical (unpaired) electrons. The van der Waals surface area contributed by atoms with Crippen LogP contribution in [0.25, 0.3) is 0 Å². The first-order valence-corrected chi connectivity index (χ1v) is 9.91. The summed E-state index contributed by atoms with van der Waals surface area (Å²) in [7, 11) is 0. The maximum atomic E-state index is 12.5. The minimum Gasteiger partial charge on any atom is -0.377 e. The van der Waals surface area contributed by atoms with Crippen LogP contribution < -0.4 is 11.1 Å². The van der Waals surface area contributed by atoms with Gasteiger partial charge in [-0.3, -0.25) is 14.5 Å². The lowest BCUT2D eigenvalue weighted by molar-refractivity contribution is -0.117. The van der Waals surface area contributed by atoms with Crippen molar-refractivity contribution in [3.8, 4) is 0 Å². The zero-order valence-corrected chi connectivity index (χ0v) is 15.4. The summed E-state index contributed by atoms with van der Waals surface area (Å²) in [6, 6.07) is 5.70. The largest absolute Gasteiger partial charge is 0.377 e. The van der Waals surface area contributed by atoms with Crippen molar-refractivity contribution in [3.63, 3.8) is 0 Å². The van der Waals surface area contributed by atoms with Gasteiger partial charge >= 0.3 is 0 Å². The number of rotatable bonds is 8. The van der Waals surface area contributed by atoms with Crippen molar-refractivity contribution in [2.45, 2.75) is 25.5 Å². The van der Waals surface area contributed by atoms with Gasteiger partial charge in [0.25, 0.3) is 5.91 Å². The third-order valence-corrected chi connectivity index (χ3v) is 5.69. The van der Waals surface area contributed by atoms with E-state index in [-0.39, 0.29) is 18.6 Å². The molecule has 0 saturated carbocycles. The quantitative estimate of drug-likeness (QED) is 0.738. The number of hydrogen-bond donors (Lipinski definition) is 2. The average molecular weight is 380 g/mol. The lowest BCUT2D eigenvalue weighted by Gasteiger charge is -2.24. The molecule has 3 heterocycles. The summed E-state index contributed by atoms with van der Waals surface area (Å²) in [4.78, 5) is 27.1. The average Bonchev–Trinajstić information content (AvgIpc) is 3.28. The number of nitrogens with one attached hydrogen (secondary N) is 1. The van der Waals surface area contributed by atoms with Crippen LogP contribution in [-0.2, 0) is 16.1 Å². The van der Waals surface area contributed by atoms with Gasteiger partial charge in [0.2, 0.25) is 5.91 Å². The fraction of sp³-hybridized carbons (Fsp3) is 0.412. The van der Waals surface area contributed by atoms with Gasteiger partial charge in [0.1, 0.15) is 5.00 Å². The van der Waals surface area contributed by atoms with E-state index in [0.29, 0.717) is 17.1 Å². The summed E-state index contributed by atoms with van der Waals surface area (Å²) < 4.78 is 5.71. The van der Waals surface area contributed by atoms with Gasteiger partial charge in [-0.05, 0) is 35.7 Å². The molecule has 2 aromatic heterocycles. The van der Waals surface area contributed by atoms with E-state index in [1.807, 2.05) is 11.4 Å². The molecule has 1 atom stereocenters. The van der Waals surface area contributed by atoms with Crippen molar-refractivity contribution in [1.29, 1.82) is 0 Å². The molecule has 25 heavy (non-hydrogen) atoms. The standard InChI is InChI=1S/C17H21N3O3S2/c18-16(22)14-5-8-25-17(14)19-15(21)11-20(9-12-3-1-6-23-12)10-13-4-2-7-24-13/h2,4-5,7-8,12H,1,3,6,9-11H2,(H2,18,22)(H,19,21)/t12-/m1/s1. The van der Waals surface area contributed by atoms with Crippen LogP contribution in [0.5, 0.6) is 0 Å².